The fraction of sp³-hybridized carbons (Fsp3) is 0.625. The van der Waals surface area contributed by atoms with Crippen molar-refractivity contribution in [2.45, 2.75) is 18.6 Å². The Labute approximate surface area is 76.8 Å². The lowest BCUT2D eigenvalue weighted by Gasteiger charge is -2.16. The maximum absolute atomic E-state index is 9.62. The van der Waals surface area contributed by atoms with Gasteiger partial charge in [-0.15, -0.1) is 0 Å². The molecule has 0 spiro atoms. The van der Waals surface area contributed by atoms with Crippen LogP contribution in [0.2, 0.25) is 0 Å². The number of hydrogen-bond acceptors (Lipinski definition) is 4. The van der Waals surface area contributed by atoms with Crippen LogP contribution in [0, 0.1) is 0 Å². The van der Waals surface area contributed by atoms with Crippen molar-refractivity contribution in [1.82, 2.24) is 9.78 Å². The summed E-state index contributed by atoms with van der Waals surface area (Å²) in [5.41, 5.74) is 5.86. The van der Waals surface area contributed by atoms with Crippen molar-refractivity contribution >= 4 is 0 Å². The summed E-state index contributed by atoms with van der Waals surface area (Å²) in [6.45, 7) is 0.357. The molecule has 0 aliphatic rings. The fourth-order valence-electron chi connectivity index (χ4n) is 1.20. The summed E-state index contributed by atoms with van der Waals surface area (Å²) in [5.74, 6) is 0. The van der Waals surface area contributed by atoms with Gasteiger partial charge in [0.25, 0.3) is 0 Å². The molecule has 1 aromatic rings. The highest BCUT2D eigenvalue weighted by atomic mass is 16.3. The molecular formula is C8H15N3O2. The number of nitrogens with zero attached hydrogens (tertiary/aromatic N) is 2. The third kappa shape index (κ3) is 2.27. The van der Waals surface area contributed by atoms with E-state index in [2.05, 4.69) is 5.10 Å². The van der Waals surface area contributed by atoms with Crippen LogP contribution in [0.15, 0.2) is 12.3 Å². The lowest BCUT2D eigenvalue weighted by Crippen LogP contribution is -2.23. The summed E-state index contributed by atoms with van der Waals surface area (Å²) in [6.07, 6.45) is 0.233. The summed E-state index contributed by atoms with van der Waals surface area (Å²) < 4.78 is 1.53. The van der Waals surface area contributed by atoms with Crippen LogP contribution >= 0.6 is 0 Å². The molecule has 13 heavy (non-hydrogen) atoms. The van der Waals surface area contributed by atoms with E-state index in [4.69, 9.17) is 5.73 Å². The van der Waals surface area contributed by atoms with Crippen molar-refractivity contribution < 1.29 is 10.2 Å². The van der Waals surface area contributed by atoms with Crippen molar-refractivity contribution in [3.63, 3.8) is 0 Å². The highest BCUT2D eigenvalue weighted by Crippen LogP contribution is 2.16. The normalized spacial score (nSPS) is 15.7. The first-order chi connectivity index (χ1) is 6.16. The van der Waals surface area contributed by atoms with E-state index >= 15 is 0 Å². The second-order valence-corrected chi connectivity index (χ2v) is 2.97. The zero-order chi connectivity index (χ0) is 9.84. The SMILES string of the molecule is Cn1nccc1C(O)C(O)CCN. The molecule has 2 unspecified atom stereocenters. The Kier molecular flexibility index (Phi) is 3.41. The Balaban J connectivity index is 2.67. The number of aliphatic hydroxyl groups excluding tert-OH is 2. The van der Waals surface area contributed by atoms with Crippen LogP contribution in [0.4, 0.5) is 0 Å². The second-order valence-electron chi connectivity index (χ2n) is 2.97. The zero-order valence-corrected chi connectivity index (χ0v) is 7.59. The van der Waals surface area contributed by atoms with E-state index in [0.29, 0.717) is 18.7 Å². The summed E-state index contributed by atoms with van der Waals surface area (Å²) >= 11 is 0. The van der Waals surface area contributed by atoms with E-state index in [0.717, 1.165) is 0 Å². The van der Waals surface area contributed by atoms with Crippen molar-refractivity contribution in [1.29, 1.82) is 0 Å². The molecule has 0 bridgehead atoms. The smallest absolute Gasteiger partial charge is 0.121 e. The minimum absolute atomic E-state index is 0.357. The van der Waals surface area contributed by atoms with Gasteiger partial charge < -0.3 is 15.9 Å². The Morgan fingerprint density at radius 3 is 2.77 bits per heavy atom. The topological polar surface area (TPSA) is 84.3 Å². The molecular weight excluding hydrogens is 170 g/mol. The van der Waals surface area contributed by atoms with Crippen molar-refractivity contribution in [2.24, 2.45) is 12.8 Å². The molecule has 1 aromatic heterocycles. The van der Waals surface area contributed by atoms with E-state index in [1.165, 1.54) is 4.68 Å². The first kappa shape index (κ1) is 10.2. The molecule has 5 heteroatoms. The van der Waals surface area contributed by atoms with E-state index in [1.807, 2.05) is 0 Å². The summed E-state index contributed by atoms with van der Waals surface area (Å²) in [6, 6.07) is 1.67. The lowest BCUT2D eigenvalue weighted by atomic mass is 10.1. The highest BCUT2D eigenvalue weighted by molar-refractivity contribution is 5.05. The minimum atomic E-state index is -0.906. The summed E-state index contributed by atoms with van der Waals surface area (Å²) in [7, 11) is 1.72. The minimum Gasteiger partial charge on any atom is -0.390 e. The number of nitrogens with two attached hydrogens (primary N) is 1. The largest absolute Gasteiger partial charge is 0.390 e. The molecule has 1 heterocycles. The molecule has 0 amide bonds. The number of rotatable bonds is 4. The van der Waals surface area contributed by atoms with E-state index in [1.54, 1.807) is 19.3 Å². The van der Waals surface area contributed by atoms with Gasteiger partial charge >= 0.3 is 0 Å². The lowest BCUT2D eigenvalue weighted by molar-refractivity contribution is 0.0103. The maximum Gasteiger partial charge on any atom is 0.121 e. The molecule has 0 fully saturated rings. The predicted molar refractivity (Wildman–Crippen MR) is 47.8 cm³/mol. The van der Waals surface area contributed by atoms with Crippen molar-refractivity contribution in [2.75, 3.05) is 6.54 Å². The molecule has 5 nitrogen and oxygen atoms in total. The molecule has 0 saturated heterocycles. The van der Waals surface area contributed by atoms with Gasteiger partial charge in [-0.2, -0.15) is 5.10 Å². The van der Waals surface area contributed by atoms with Crippen LogP contribution < -0.4 is 5.73 Å². The van der Waals surface area contributed by atoms with Crippen molar-refractivity contribution in [3.05, 3.63) is 18.0 Å². The summed E-state index contributed by atoms with van der Waals surface area (Å²) in [5, 5.41) is 23.0. The standard InChI is InChI=1S/C8H15N3O2/c1-11-6(3-5-10-11)8(13)7(12)2-4-9/h3,5,7-8,12-13H,2,4,9H2,1H3. The third-order valence-corrected chi connectivity index (χ3v) is 1.99. The number of hydrogen-bond donors (Lipinski definition) is 3. The van der Waals surface area contributed by atoms with Gasteiger partial charge in [-0.3, -0.25) is 4.68 Å². The van der Waals surface area contributed by atoms with Gasteiger partial charge in [0.1, 0.15) is 6.10 Å². The van der Waals surface area contributed by atoms with Crippen LogP contribution in [-0.2, 0) is 7.05 Å². The number of aryl methyl sites for hydroxylation is 1. The van der Waals surface area contributed by atoms with E-state index in [-0.39, 0.29) is 0 Å². The van der Waals surface area contributed by atoms with Gasteiger partial charge in [0.15, 0.2) is 0 Å². The zero-order valence-electron chi connectivity index (χ0n) is 7.59. The predicted octanol–water partition coefficient (Wildman–Crippen LogP) is -0.837. The van der Waals surface area contributed by atoms with Gasteiger partial charge in [-0.1, -0.05) is 0 Å². The Morgan fingerprint density at radius 1 is 1.62 bits per heavy atom. The molecule has 1 rings (SSSR count). The molecule has 0 aromatic carbocycles. The fourth-order valence-corrected chi connectivity index (χ4v) is 1.20. The molecule has 74 valence electrons. The van der Waals surface area contributed by atoms with Gasteiger partial charge in [-0.05, 0) is 19.0 Å². The molecule has 0 radical (unpaired) electrons. The Bertz CT molecular complexity index is 262. The Hall–Kier alpha value is -0.910. The Morgan fingerprint density at radius 2 is 2.31 bits per heavy atom. The molecule has 0 aliphatic carbocycles. The highest BCUT2D eigenvalue weighted by Gasteiger charge is 2.19. The molecule has 0 saturated carbocycles. The molecule has 4 N–H and O–H groups in total. The van der Waals surface area contributed by atoms with Gasteiger partial charge in [0.05, 0.1) is 11.8 Å². The van der Waals surface area contributed by atoms with Crippen LogP contribution in [0.25, 0.3) is 0 Å². The first-order valence-electron chi connectivity index (χ1n) is 4.21. The van der Waals surface area contributed by atoms with E-state index in [9.17, 15) is 10.2 Å². The van der Waals surface area contributed by atoms with Crippen LogP contribution in [0.1, 0.15) is 18.2 Å². The van der Waals surface area contributed by atoms with Gasteiger partial charge in [0, 0.05) is 13.2 Å². The van der Waals surface area contributed by atoms with Crippen LogP contribution in [-0.4, -0.2) is 32.6 Å². The quantitative estimate of drug-likeness (QED) is 0.571. The van der Waals surface area contributed by atoms with Crippen molar-refractivity contribution in [3.8, 4) is 0 Å². The monoisotopic (exact) mass is 185 g/mol. The molecule has 0 aliphatic heterocycles. The van der Waals surface area contributed by atoms with Gasteiger partial charge in [-0.25, -0.2) is 0 Å². The first-order valence-corrected chi connectivity index (χ1v) is 4.21. The van der Waals surface area contributed by atoms with Crippen LogP contribution in [0.5, 0.6) is 0 Å². The molecule has 2 atom stereocenters. The number of aromatic nitrogens is 2. The van der Waals surface area contributed by atoms with Crippen LogP contribution in [0.3, 0.4) is 0 Å². The maximum atomic E-state index is 9.62. The van der Waals surface area contributed by atoms with E-state index < -0.39 is 12.2 Å². The van der Waals surface area contributed by atoms with Gasteiger partial charge in [0.2, 0.25) is 0 Å². The average molecular weight is 185 g/mol. The second kappa shape index (κ2) is 4.36. The third-order valence-electron chi connectivity index (χ3n) is 1.99. The average Bonchev–Trinajstić information content (AvgIpc) is 2.50. The number of aliphatic hydroxyl groups is 2. The summed E-state index contributed by atoms with van der Waals surface area (Å²) in [4.78, 5) is 0.